The summed E-state index contributed by atoms with van der Waals surface area (Å²) in [6.45, 7) is 0.409. The van der Waals surface area contributed by atoms with Crippen molar-refractivity contribution < 1.29 is 19.4 Å². The van der Waals surface area contributed by atoms with Crippen LogP contribution >= 0.6 is 38.5 Å². The second-order valence-electron chi connectivity index (χ2n) is 6.61. The number of anilines is 1. The lowest BCUT2D eigenvalue weighted by Gasteiger charge is -2.09. The second kappa shape index (κ2) is 10.9. The van der Waals surface area contributed by atoms with Crippen LogP contribution in [0.1, 0.15) is 21.5 Å². The third-order valence-electron chi connectivity index (χ3n) is 4.31. The van der Waals surface area contributed by atoms with Crippen molar-refractivity contribution >= 4 is 62.2 Å². The van der Waals surface area contributed by atoms with E-state index in [-0.39, 0.29) is 16.8 Å². The molecule has 0 atom stereocenters. The Labute approximate surface area is 206 Å². The number of nitrogens with one attached hydrogen (secondary N) is 1. The van der Waals surface area contributed by atoms with Crippen LogP contribution in [-0.2, 0) is 11.4 Å². The van der Waals surface area contributed by atoms with Crippen LogP contribution < -0.4 is 10.1 Å². The molecule has 0 spiro atoms. The summed E-state index contributed by atoms with van der Waals surface area (Å²) >= 11 is 5.71. The van der Waals surface area contributed by atoms with Crippen molar-refractivity contribution in [3.8, 4) is 11.8 Å². The number of carboxylic acids is 1. The van der Waals surface area contributed by atoms with Gasteiger partial charge in [-0.3, -0.25) is 4.79 Å². The number of rotatable bonds is 7. The van der Waals surface area contributed by atoms with Gasteiger partial charge in [-0.05, 0) is 98.2 Å². The van der Waals surface area contributed by atoms with Crippen LogP contribution in [-0.4, -0.2) is 17.0 Å². The van der Waals surface area contributed by atoms with E-state index in [4.69, 9.17) is 9.84 Å². The number of hydrogen-bond acceptors (Lipinski definition) is 4. The molecule has 0 bridgehead atoms. The van der Waals surface area contributed by atoms with Crippen molar-refractivity contribution in [1.29, 1.82) is 5.26 Å². The maximum absolute atomic E-state index is 12.5. The quantitative estimate of drug-likeness (QED) is 0.200. The molecule has 0 aliphatic carbocycles. The van der Waals surface area contributed by atoms with E-state index in [2.05, 4.69) is 43.8 Å². The number of halogens is 2. The lowest BCUT2D eigenvalue weighted by atomic mass is 10.1. The zero-order valence-corrected chi connectivity index (χ0v) is 20.3. The summed E-state index contributed by atoms with van der Waals surface area (Å²) in [5.74, 6) is -1.11. The van der Waals surface area contributed by atoms with Gasteiger partial charge in [-0.25, -0.2) is 4.79 Å². The van der Waals surface area contributed by atoms with E-state index < -0.39 is 11.9 Å². The Morgan fingerprint density at radius 3 is 2.53 bits per heavy atom. The van der Waals surface area contributed by atoms with Crippen molar-refractivity contribution in [3.05, 3.63) is 97.0 Å². The third-order valence-corrected chi connectivity index (χ3v) is 5.65. The van der Waals surface area contributed by atoms with E-state index in [1.165, 1.54) is 24.3 Å². The molecular weight excluding hydrogens is 587 g/mol. The van der Waals surface area contributed by atoms with Gasteiger partial charge in [0.25, 0.3) is 5.91 Å². The summed E-state index contributed by atoms with van der Waals surface area (Å²) in [4.78, 5) is 23.6. The van der Waals surface area contributed by atoms with Crippen molar-refractivity contribution in [2.45, 2.75) is 6.61 Å². The topological polar surface area (TPSA) is 99.4 Å². The number of benzene rings is 3. The minimum Gasteiger partial charge on any atom is -0.488 e. The average molecular weight is 603 g/mol. The van der Waals surface area contributed by atoms with Crippen molar-refractivity contribution in [3.63, 3.8) is 0 Å². The van der Waals surface area contributed by atoms with Crippen molar-refractivity contribution in [2.24, 2.45) is 0 Å². The van der Waals surface area contributed by atoms with E-state index in [0.29, 0.717) is 22.4 Å². The fourth-order valence-corrected chi connectivity index (χ4v) is 3.58. The number of carboxylic acid groups (broad SMARTS) is 1. The van der Waals surface area contributed by atoms with Crippen LogP contribution in [0.5, 0.6) is 5.75 Å². The number of hydrogen-bond donors (Lipinski definition) is 2. The number of aromatic carboxylic acids is 1. The van der Waals surface area contributed by atoms with Gasteiger partial charge in [0.1, 0.15) is 24.0 Å². The molecule has 160 valence electrons. The van der Waals surface area contributed by atoms with Crippen LogP contribution in [0.3, 0.4) is 0 Å². The average Bonchev–Trinajstić information content (AvgIpc) is 2.78. The monoisotopic (exact) mass is 602 g/mol. The van der Waals surface area contributed by atoms with Crippen molar-refractivity contribution in [2.75, 3.05) is 5.32 Å². The maximum atomic E-state index is 12.5. The highest BCUT2D eigenvalue weighted by atomic mass is 127. The molecule has 3 rings (SSSR count). The van der Waals surface area contributed by atoms with Crippen LogP contribution in [0.2, 0.25) is 0 Å². The summed E-state index contributed by atoms with van der Waals surface area (Å²) in [5.41, 5.74) is 1.87. The number of carbonyl (C=O) groups excluding carboxylic acids is 1. The molecule has 0 saturated heterocycles. The molecule has 32 heavy (non-hydrogen) atoms. The van der Waals surface area contributed by atoms with Gasteiger partial charge >= 0.3 is 5.97 Å². The number of nitriles is 1. The van der Waals surface area contributed by atoms with E-state index in [0.717, 1.165) is 9.13 Å². The second-order valence-corrected chi connectivity index (χ2v) is 8.71. The van der Waals surface area contributed by atoms with E-state index in [9.17, 15) is 14.9 Å². The van der Waals surface area contributed by atoms with E-state index in [1.54, 1.807) is 24.3 Å². The van der Waals surface area contributed by atoms with Crippen LogP contribution in [0.15, 0.2) is 76.8 Å². The van der Waals surface area contributed by atoms with Gasteiger partial charge in [-0.1, -0.05) is 24.3 Å². The van der Waals surface area contributed by atoms with Gasteiger partial charge < -0.3 is 15.2 Å². The zero-order chi connectivity index (χ0) is 23.1. The highest BCUT2D eigenvalue weighted by Crippen LogP contribution is 2.28. The molecule has 0 fully saturated rings. The Bertz CT molecular complexity index is 1230. The normalized spacial score (nSPS) is 10.8. The molecule has 0 heterocycles. The fraction of sp³-hybridized carbons (Fsp3) is 0.0417. The molecular formula is C24H16BrIN2O4. The van der Waals surface area contributed by atoms with Gasteiger partial charge in [0.2, 0.25) is 0 Å². The first-order valence-corrected chi connectivity index (χ1v) is 11.2. The maximum Gasteiger partial charge on any atom is 0.335 e. The minimum absolute atomic E-state index is 0.0371. The number of carbonyl (C=O) groups is 2. The van der Waals surface area contributed by atoms with Crippen LogP contribution in [0, 0.1) is 14.9 Å². The number of ether oxygens (including phenoxy) is 1. The summed E-state index contributed by atoms with van der Waals surface area (Å²) in [6.07, 6.45) is 1.45. The molecule has 6 nitrogen and oxygen atoms in total. The summed E-state index contributed by atoms with van der Waals surface area (Å²) in [6, 6.07) is 20.9. The van der Waals surface area contributed by atoms with E-state index >= 15 is 0 Å². The van der Waals surface area contributed by atoms with Crippen LogP contribution in [0.4, 0.5) is 5.69 Å². The molecule has 3 aromatic rings. The predicted molar refractivity (Wildman–Crippen MR) is 133 cm³/mol. The summed E-state index contributed by atoms with van der Waals surface area (Å²) < 4.78 is 7.68. The van der Waals surface area contributed by atoms with Gasteiger partial charge in [-0.15, -0.1) is 0 Å². The molecule has 3 aromatic carbocycles. The standard InChI is InChI=1S/C24H16BrIN2O4/c25-21-11-16(6-9-22(21)32-14-15-4-7-19(26)8-5-15)10-18(13-27)23(29)28-20-3-1-2-17(12-20)24(30)31/h1-12H,14H2,(H,28,29)(H,30,31)/b18-10-. The third kappa shape index (κ3) is 6.42. The Morgan fingerprint density at radius 2 is 1.88 bits per heavy atom. The molecule has 0 aliphatic rings. The molecule has 2 N–H and O–H groups in total. The Balaban J connectivity index is 1.71. The van der Waals surface area contributed by atoms with Gasteiger partial charge in [0.15, 0.2) is 0 Å². The summed E-state index contributed by atoms with van der Waals surface area (Å²) in [5, 5.41) is 21.0. The Morgan fingerprint density at radius 1 is 1.12 bits per heavy atom. The first-order valence-electron chi connectivity index (χ1n) is 9.29. The summed E-state index contributed by atoms with van der Waals surface area (Å²) in [7, 11) is 0. The molecule has 0 aromatic heterocycles. The largest absolute Gasteiger partial charge is 0.488 e. The first-order chi connectivity index (χ1) is 15.4. The SMILES string of the molecule is N#C/C(=C/c1ccc(OCc2ccc(I)cc2)c(Br)c1)C(=O)Nc1cccc(C(=O)O)c1. The lowest BCUT2D eigenvalue weighted by Crippen LogP contribution is -2.13. The zero-order valence-electron chi connectivity index (χ0n) is 16.5. The highest BCUT2D eigenvalue weighted by Gasteiger charge is 2.12. The number of amides is 1. The molecule has 8 heteroatoms. The molecule has 0 aliphatic heterocycles. The first kappa shape index (κ1) is 23.5. The molecule has 1 amide bonds. The Kier molecular flexibility index (Phi) is 8.03. The smallest absolute Gasteiger partial charge is 0.335 e. The highest BCUT2D eigenvalue weighted by molar-refractivity contribution is 14.1. The lowest BCUT2D eigenvalue weighted by molar-refractivity contribution is -0.112. The molecule has 0 saturated carbocycles. The van der Waals surface area contributed by atoms with Gasteiger partial charge in [-0.2, -0.15) is 5.26 Å². The predicted octanol–water partition coefficient (Wildman–Crippen LogP) is 5.88. The number of nitrogens with zero attached hydrogens (tertiary/aromatic N) is 1. The van der Waals surface area contributed by atoms with E-state index in [1.807, 2.05) is 30.3 Å². The van der Waals surface area contributed by atoms with Crippen LogP contribution in [0.25, 0.3) is 6.08 Å². The Hall–Kier alpha value is -3.16. The van der Waals surface area contributed by atoms with Gasteiger partial charge in [0, 0.05) is 9.26 Å². The van der Waals surface area contributed by atoms with Crippen molar-refractivity contribution in [1.82, 2.24) is 0 Å². The molecule has 0 radical (unpaired) electrons. The minimum atomic E-state index is -1.11. The van der Waals surface area contributed by atoms with Gasteiger partial charge in [0.05, 0.1) is 10.0 Å². The fourth-order valence-electron chi connectivity index (χ4n) is 2.71. The molecule has 0 unspecified atom stereocenters.